The summed E-state index contributed by atoms with van der Waals surface area (Å²) in [7, 11) is -3.59. The van der Waals surface area contributed by atoms with Gasteiger partial charge in [0.2, 0.25) is 10.0 Å². The van der Waals surface area contributed by atoms with Crippen molar-refractivity contribution in [2.45, 2.75) is 26.3 Å². The van der Waals surface area contributed by atoms with Gasteiger partial charge in [0.1, 0.15) is 6.04 Å². The molecule has 0 fully saturated rings. The SMILES string of the molecule is CC(C)CS(=O)(=O)NC(Cc1cnc[nH]1)C(=O)O. The molecule has 0 bridgehead atoms. The Morgan fingerprint density at radius 2 is 2.22 bits per heavy atom. The normalized spacial score (nSPS) is 13.7. The van der Waals surface area contributed by atoms with Crippen molar-refractivity contribution >= 4 is 16.0 Å². The second-order valence-electron chi connectivity index (χ2n) is 4.46. The Hall–Kier alpha value is -1.41. The van der Waals surface area contributed by atoms with Crippen LogP contribution in [0.15, 0.2) is 12.5 Å². The summed E-state index contributed by atoms with van der Waals surface area (Å²) in [6.45, 7) is 3.51. The molecule has 8 heteroatoms. The average Bonchev–Trinajstić information content (AvgIpc) is 2.66. The van der Waals surface area contributed by atoms with Crippen LogP contribution < -0.4 is 4.72 Å². The van der Waals surface area contributed by atoms with Gasteiger partial charge in [0.15, 0.2) is 0 Å². The molecule has 0 aliphatic heterocycles. The van der Waals surface area contributed by atoms with Gasteiger partial charge in [-0.2, -0.15) is 0 Å². The van der Waals surface area contributed by atoms with Gasteiger partial charge < -0.3 is 10.1 Å². The number of nitrogens with zero attached hydrogens (tertiary/aromatic N) is 1. The number of aromatic amines is 1. The molecule has 1 heterocycles. The molecule has 102 valence electrons. The lowest BCUT2D eigenvalue weighted by molar-refractivity contribution is -0.138. The lowest BCUT2D eigenvalue weighted by atomic mass is 10.2. The van der Waals surface area contributed by atoms with E-state index in [1.165, 1.54) is 12.5 Å². The lowest BCUT2D eigenvalue weighted by Gasteiger charge is -2.15. The fourth-order valence-corrected chi connectivity index (χ4v) is 3.09. The third-order valence-corrected chi connectivity index (χ3v) is 3.90. The molecule has 0 saturated heterocycles. The van der Waals surface area contributed by atoms with E-state index in [1.54, 1.807) is 13.8 Å². The summed E-state index contributed by atoms with van der Waals surface area (Å²) in [6, 6.07) is -1.19. The number of aromatic nitrogens is 2. The highest BCUT2D eigenvalue weighted by Gasteiger charge is 2.25. The number of sulfonamides is 1. The van der Waals surface area contributed by atoms with E-state index < -0.39 is 22.0 Å². The van der Waals surface area contributed by atoms with Crippen LogP contribution in [-0.2, 0) is 21.2 Å². The van der Waals surface area contributed by atoms with E-state index in [0.29, 0.717) is 5.69 Å². The highest BCUT2D eigenvalue weighted by Crippen LogP contribution is 2.03. The van der Waals surface area contributed by atoms with E-state index >= 15 is 0 Å². The molecule has 1 rings (SSSR count). The molecule has 0 aromatic carbocycles. The summed E-state index contributed by atoms with van der Waals surface area (Å²) in [5, 5.41) is 9.01. The fraction of sp³-hybridized carbons (Fsp3) is 0.600. The minimum absolute atomic E-state index is 0.0344. The first-order valence-corrected chi connectivity index (χ1v) is 7.15. The Morgan fingerprint density at radius 1 is 1.56 bits per heavy atom. The zero-order valence-corrected chi connectivity index (χ0v) is 11.1. The molecule has 1 atom stereocenters. The molecule has 0 spiro atoms. The third-order valence-electron chi connectivity index (χ3n) is 2.15. The van der Waals surface area contributed by atoms with Crippen LogP contribution >= 0.6 is 0 Å². The summed E-state index contributed by atoms with van der Waals surface area (Å²) < 4.78 is 25.6. The highest BCUT2D eigenvalue weighted by molar-refractivity contribution is 7.89. The molecule has 1 aromatic rings. The smallest absolute Gasteiger partial charge is 0.322 e. The molecule has 0 radical (unpaired) electrons. The number of carbonyl (C=O) groups is 1. The summed E-state index contributed by atoms with van der Waals surface area (Å²) in [6.07, 6.45) is 2.91. The Balaban J connectivity index is 2.72. The third kappa shape index (κ3) is 4.84. The molecule has 0 saturated carbocycles. The monoisotopic (exact) mass is 275 g/mol. The van der Waals surface area contributed by atoms with Crippen molar-refractivity contribution in [2.24, 2.45) is 5.92 Å². The fourth-order valence-electron chi connectivity index (χ4n) is 1.50. The Bertz CT molecular complexity index is 481. The van der Waals surface area contributed by atoms with E-state index in [9.17, 15) is 13.2 Å². The molecule has 1 unspecified atom stereocenters. The second-order valence-corrected chi connectivity index (χ2v) is 6.26. The van der Waals surface area contributed by atoms with Gasteiger partial charge >= 0.3 is 5.97 Å². The van der Waals surface area contributed by atoms with Crippen LogP contribution in [0.2, 0.25) is 0 Å². The van der Waals surface area contributed by atoms with Crippen molar-refractivity contribution in [3.63, 3.8) is 0 Å². The van der Waals surface area contributed by atoms with E-state index in [-0.39, 0.29) is 18.1 Å². The lowest BCUT2D eigenvalue weighted by Crippen LogP contribution is -2.43. The molecule has 18 heavy (non-hydrogen) atoms. The number of nitrogens with one attached hydrogen (secondary N) is 2. The van der Waals surface area contributed by atoms with Gasteiger partial charge in [0.25, 0.3) is 0 Å². The molecular weight excluding hydrogens is 258 g/mol. The van der Waals surface area contributed by atoms with Crippen molar-refractivity contribution in [3.8, 4) is 0 Å². The van der Waals surface area contributed by atoms with E-state index in [4.69, 9.17) is 5.11 Å². The zero-order chi connectivity index (χ0) is 13.8. The molecule has 0 aliphatic carbocycles. The Labute approximate surface area is 106 Å². The van der Waals surface area contributed by atoms with Gasteiger partial charge in [0, 0.05) is 18.3 Å². The average molecular weight is 275 g/mol. The minimum Gasteiger partial charge on any atom is -0.480 e. The predicted molar refractivity (Wildman–Crippen MR) is 65.5 cm³/mol. The van der Waals surface area contributed by atoms with Crippen LogP contribution in [0.3, 0.4) is 0 Å². The summed E-state index contributed by atoms with van der Waals surface area (Å²) in [4.78, 5) is 17.5. The number of carboxylic acid groups (broad SMARTS) is 1. The second kappa shape index (κ2) is 5.96. The van der Waals surface area contributed by atoms with Gasteiger partial charge in [-0.3, -0.25) is 4.79 Å². The minimum atomic E-state index is -3.59. The standard InChI is InChI=1S/C10H17N3O4S/c1-7(2)5-18(16,17)13-9(10(14)15)3-8-4-11-6-12-8/h4,6-7,9,13H,3,5H2,1-2H3,(H,11,12)(H,14,15). The molecular formula is C10H17N3O4S. The first kappa shape index (κ1) is 14.7. The predicted octanol–water partition coefficient (Wildman–Crippen LogP) is -0.0192. The maximum atomic E-state index is 11.7. The van der Waals surface area contributed by atoms with Crippen molar-refractivity contribution < 1.29 is 18.3 Å². The van der Waals surface area contributed by atoms with E-state index in [2.05, 4.69) is 14.7 Å². The zero-order valence-electron chi connectivity index (χ0n) is 10.3. The molecule has 0 amide bonds. The Kier molecular flexibility index (Phi) is 4.85. The topological polar surface area (TPSA) is 112 Å². The van der Waals surface area contributed by atoms with Crippen molar-refractivity contribution in [3.05, 3.63) is 18.2 Å². The van der Waals surface area contributed by atoms with Crippen LogP contribution in [0.25, 0.3) is 0 Å². The van der Waals surface area contributed by atoms with E-state index in [1.807, 2.05) is 0 Å². The summed E-state index contributed by atoms with van der Waals surface area (Å²) in [5.41, 5.74) is 0.564. The van der Waals surface area contributed by atoms with Crippen LogP contribution in [0, 0.1) is 5.92 Å². The van der Waals surface area contributed by atoms with Gasteiger partial charge in [-0.15, -0.1) is 0 Å². The molecule has 0 aliphatic rings. The number of hydrogen-bond donors (Lipinski definition) is 3. The number of aliphatic carboxylic acids is 1. The van der Waals surface area contributed by atoms with Gasteiger partial charge in [0.05, 0.1) is 12.1 Å². The highest BCUT2D eigenvalue weighted by atomic mass is 32.2. The quantitative estimate of drug-likeness (QED) is 0.647. The van der Waals surface area contributed by atoms with Crippen LogP contribution in [0.4, 0.5) is 0 Å². The van der Waals surface area contributed by atoms with Crippen LogP contribution in [0.5, 0.6) is 0 Å². The number of hydrogen-bond acceptors (Lipinski definition) is 4. The first-order valence-electron chi connectivity index (χ1n) is 5.50. The van der Waals surface area contributed by atoms with Crippen LogP contribution in [-0.4, -0.2) is 41.3 Å². The first-order chi connectivity index (χ1) is 8.30. The Morgan fingerprint density at radius 3 is 2.67 bits per heavy atom. The summed E-state index contributed by atoms with van der Waals surface area (Å²) in [5.74, 6) is -1.37. The van der Waals surface area contributed by atoms with Gasteiger partial charge in [-0.05, 0) is 5.92 Å². The maximum Gasteiger partial charge on any atom is 0.322 e. The van der Waals surface area contributed by atoms with Crippen LogP contribution in [0.1, 0.15) is 19.5 Å². The van der Waals surface area contributed by atoms with Gasteiger partial charge in [-0.25, -0.2) is 18.1 Å². The summed E-state index contributed by atoms with van der Waals surface area (Å²) >= 11 is 0. The van der Waals surface area contributed by atoms with Crippen molar-refractivity contribution in [2.75, 3.05) is 5.75 Å². The van der Waals surface area contributed by atoms with Crippen molar-refractivity contribution in [1.82, 2.24) is 14.7 Å². The van der Waals surface area contributed by atoms with E-state index in [0.717, 1.165) is 0 Å². The number of rotatable bonds is 7. The molecule has 1 aromatic heterocycles. The van der Waals surface area contributed by atoms with Crippen molar-refractivity contribution in [1.29, 1.82) is 0 Å². The maximum absolute atomic E-state index is 11.7. The number of imidazole rings is 1. The van der Waals surface area contributed by atoms with Gasteiger partial charge in [-0.1, -0.05) is 13.8 Å². The number of carboxylic acids is 1. The number of H-pyrrole nitrogens is 1. The largest absolute Gasteiger partial charge is 0.480 e. The molecule has 3 N–H and O–H groups in total. The molecule has 7 nitrogen and oxygen atoms in total.